The minimum Gasteiger partial charge on any atom is -0.324 e. The number of hydrogen-bond acceptors (Lipinski definition) is 4. The summed E-state index contributed by atoms with van der Waals surface area (Å²) in [4.78, 5) is 29.0. The van der Waals surface area contributed by atoms with E-state index in [0.717, 1.165) is 0 Å². The van der Waals surface area contributed by atoms with Gasteiger partial charge >= 0.3 is 0 Å². The summed E-state index contributed by atoms with van der Waals surface area (Å²) >= 11 is 0. The minimum absolute atomic E-state index is 0.124. The number of amides is 1. The fourth-order valence-electron chi connectivity index (χ4n) is 2.37. The molecule has 0 aliphatic rings. The van der Waals surface area contributed by atoms with Gasteiger partial charge in [0.15, 0.2) is 0 Å². The maximum atomic E-state index is 12.3. The molecule has 0 spiro atoms. The molecule has 2 aromatic carbocycles. The lowest BCUT2D eigenvalue weighted by Gasteiger charge is -2.10. The van der Waals surface area contributed by atoms with Crippen LogP contribution in [-0.2, 0) is 22.1 Å². The smallest absolute Gasteiger partial charge is 0.269 e. The maximum Gasteiger partial charge on any atom is 0.269 e. The maximum absolute atomic E-state index is 12.3. The van der Waals surface area contributed by atoms with Crippen molar-refractivity contribution in [3.63, 3.8) is 0 Å². The van der Waals surface area contributed by atoms with Crippen molar-refractivity contribution >= 4 is 33.4 Å². The third kappa shape index (κ3) is 3.41. The number of benzene rings is 2. The zero-order valence-corrected chi connectivity index (χ0v) is 13.7. The summed E-state index contributed by atoms with van der Waals surface area (Å²) in [5.74, 6) is -0.340. The molecule has 0 saturated heterocycles. The van der Waals surface area contributed by atoms with E-state index in [1.54, 1.807) is 48.7 Å². The SMILES string of the molecule is C[S@](=O)c1cccc(NC(=O)Cn2c(=O)cnc3ccccc32)c1. The molecule has 3 rings (SSSR count). The van der Waals surface area contributed by atoms with Gasteiger partial charge in [0.05, 0.1) is 17.2 Å². The summed E-state index contributed by atoms with van der Waals surface area (Å²) in [5.41, 5.74) is 1.45. The molecule has 0 aliphatic heterocycles. The second-order valence-electron chi connectivity index (χ2n) is 5.20. The van der Waals surface area contributed by atoms with Crippen LogP contribution in [0.1, 0.15) is 0 Å². The van der Waals surface area contributed by atoms with Gasteiger partial charge in [0.1, 0.15) is 6.54 Å². The molecule has 1 heterocycles. The molecule has 0 saturated carbocycles. The number of aromatic nitrogens is 2. The summed E-state index contributed by atoms with van der Waals surface area (Å²) in [7, 11) is -1.13. The van der Waals surface area contributed by atoms with Crippen LogP contribution in [0.4, 0.5) is 5.69 Å². The minimum atomic E-state index is -1.13. The van der Waals surface area contributed by atoms with Crippen molar-refractivity contribution < 1.29 is 9.00 Å². The third-order valence-corrected chi connectivity index (χ3v) is 4.42. The summed E-state index contributed by atoms with van der Waals surface area (Å²) < 4.78 is 12.9. The van der Waals surface area contributed by atoms with Crippen molar-refractivity contribution in [2.75, 3.05) is 11.6 Å². The Morgan fingerprint density at radius 1 is 1.21 bits per heavy atom. The largest absolute Gasteiger partial charge is 0.324 e. The normalized spacial score (nSPS) is 12.0. The van der Waals surface area contributed by atoms with Crippen LogP contribution in [0.25, 0.3) is 11.0 Å². The third-order valence-electron chi connectivity index (χ3n) is 3.50. The van der Waals surface area contributed by atoms with E-state index < -0.39 is 10.8 Å². The summed E-state index contributed by atoms with van der Waals surface area (Å²) in [5, 5.41) is 2.72. The number of nitrogens with one attached hydrogen (secondary N) is 1. The van der Waals surface area contributed by atoms with E-state index in [9.17, 15) is 13.8 Å². The van der Waals surface area contributed by atoms with Crippen LogP contribution >= 0.6 is 0 Å². The molecule has 122 valence electrons. The Labute approximate surface area is 140 Å². The van der Waals surface area contributed by atoms with Crippen LogP contribution in [0.2, 0.25) is 0 Å². The predicted molar refractivity (Wildman–Crippen MR) is 93.4 cm³/mol. The van der Waals surface area contributed by atoms with Crippen molar-refractivity contribution in [3.8, 4) is 0 Å². The second kappa shape index (κ2) is 6.76. The summed E-state index contributed by atoms with van der Waals surface area (Å²) in [6.07, 6.45) is 2.78. The van der Waals surface area contributed by atoms with Crippen molar-refractivity contribution in [1.29, 1.82) is 0 Å². The Hall–Kier alpha value is -2.80. The highest BCUT2D eigenvalue weighted by atomic mass is 32.2. The van der Waals surface area contributed by atoms with Crippen molar-refractivity contribution in [2.45, 2.75) is 11.4 Å². The number of fused-ring (bicyclic) bond motifs is 1. The fourth-order valence-corrected chi connectivity index (χ4v) is 2.94. The highest BCUT2D eigenvalue weighted by Gasteiger charge is 2.09. The molecule has 1 aromatic heterocycles. The molecular formula is C17H15N3O3S. The lowest BCUT2D eigenvalue weighted by molar-refractivity contribution is -0.116. The molecule has 1 N–H and O–H groups in total. The predicted octanol–water partition coefficient (Wildman–Crippen LogP) is 1.77. The van der Waals surface area contributed by atoms with E-state index in [1.165, 1.54) is 10.8 Å². The van der Waals surface area contributed by atoms with Gasteiger partial charge in [-0.25, -0.2) is 4.98 Å². The molecule has 0 fully saturated rings. The first-order valence-corrected chi connectivity index (χ1v) is 8.78. The second-order valence-corrected chi connectivity index (χ2v) is 6.58. The molecule has 1 atom stereocenters. The van der Waals surface area contributed by atoms with Gasteiger partial charge in [-0.1, -0.05) is 18.2 Å². The lowest BCUT2D eigenvalue weighted by Crippen LogP contribution is -2.28. The zero-order chi connectivity index (χ0) is 17.1. The lowest BCUT2D eigenvalue weighted by atomic mass is 10.3. The Bertz CT molecular complexity index is 998. The van der Waals surface area contributed by atoms with Crippen LogP contribution in [0.5, 0.6) is 0 Å². The van der Waals surface area contributed by atoms with Gasteiger partial charge in [0, 0.05) is 27.6 Å². The van der Waals surface area contributed by atoms with Crippen LogP contribution in [-0.4, -0.2) is 25.9 Å². The quantitative estimate of drug-likeness (QED) is 0.784. The van der Waals surface area contributed by atoms with Gasteiger partial charge in [0.25, 0.3) is 5.56 Å². The highest BCUT2D eigenvalue weighted by Crippen LogP contribution is 2.14. The van der Waals surface area contributed by atoms with Crippen LogP contribution in [0.3, 0.4) is 0 Å². The van der Waals surface area contributed by atoms with Gasteiger partial charge in [-0.05, 0) is 30.3 Å². The first kappa shape index (κ1) is 16.1. The number of rotatable bonds is 4. The monoisotopic (exact) mass is 341 g/mol. The molecule has 0 radical (unpaired) electrons. The average molecular weight is 341 g/mol. The Balaban J connectivity index is 1.86. The van der Waals surface area contributed by atoms with E-state index in [0.29, 0.717) is 21.6 Å². The van der Waals surface area contributed by atoms with Gasteiger partial charge in [-0.15, -0.1) is 0 Å². The standard InChI is InChI=1S/C17H15N3O3S/c1-24(23)13-6-4-5-12(9-13)19-16(21)11-20-15-8-3-2-7-14(15)18-10-17(20)22/h2-10H,11H2,1H3,(H,19,21)/t24-/m0/s1. The van der Waals surface area contributed by atoms with Crippen LogP contribution in [0.15, 0.2) is 64.4 Å². The summed E-state index contributed by atoms with van der Waals surface area (Å²) in [6.45, 7) is -0.124. The number of carbonyl (C=O) groups excluding carboxylic acids is 1. The van der Waals surface area contributed by atoms with Crippen LogP contribution in [0, 0.1) is 0 Å². The van der Waals surface area contributed by atoms with Crippen molar-refractivity contribution in [3.05, 3.63) is 65.1 Å². The van der Waals surface area contributed by atoms with E-state index >= 15 is 0 Å². The number of anilines is 1. The zero-order valence-electron chi connectivity index (χ0n) is 12.9. The molecule has 6 nitrogen and oxygen atoms in total. The first-order valence-electron chi connectivity index (χ1n) is 7.22. The molecule has 3 aromatic rings. The van der Waals surface area contributed by atoms with Gasteiger partial charge < -0.3 is 5.32 Å². The molecule has 1 amide bonds. The molecule has 0 aliphatic carbocycles. The Morgan fingerprint density at radius 3 is 2.79 bits per heavy atom. The number of nitrogens with zero attached hydrogens (tertiary/aromatic N) is 2. The van der Waals surface area contributed by atoms with Crippen LogP contribution < -0.4 is 10.9 Å². The first-order chi connectivity index (χ1) is 11.5. The number of carbonyl (C=O) groups is 1. The topological polar surface area (TPSA) is 81.1 Å². The average Bonchev–Trinajstić information content (AvgIpc) is 2.57. The highest BCUT2D eigenvalue weighted by molar-refractivity contribution is 7.84. The van der Waals surface area contributed by atoms with Gasteiger partial charge in [-0.3, -0.25) is 18.4 Å². The molecular weight excluding hydrogens is 326 g/mol. The Kier molecular flexibility index (Phi) is 4.52. The molecule has 24 heavy (non-hydrogen) atoms. The number of hydrogen-bond donors (Lipinski definition) is 1. The molecule has 0 bridgehead atoms. The number of para-hydroxylation sites is 2. The Morgan fingerprint density at radius 2 is 2.00 bits per heavy atom. The van der Waals surface area contributed by atoms with Gasteiger partial charge in [-0.2, -0.15) is 0 Å². The van der Waals surface area contributed by atoms with E-state index in [-0.39, 0.29) is 18.0 Å². The van der Waals surface area contributed by atoms with Crippen molar-refractivity contribution in [1.82, 2.24) is 9.55 Å². The summed E-state index contributed by atoms with van der Waals surface area (Å²) in [6, 6.07) is 14.0. The molecule has 7 heteroatoms. The molecule has 0 unspecified atom stereocenters. The van der Waals surface area contributed by atoms with E-state index in [1.807, 2.05) is 6.07 Å². The van der Waals surface area contributed by atoms with Gasteiger partial charge in [0.2, 0.25) is 5.91 Å². The van der Waals surface area contributed by atoms with Crippen molar-refractivity contribution in [2.24, 2.45) is 0 Å². The van der Waals surface area contributed by atoms with E-state index in [2.05, 4.69) is 10.3 Å². The fraction of sp³-hybridized carbons (Fsp3) is 0.118. The van der Waals surface area contributed by atoms with E-state index in [4.69, 9.17) is 0 Å².